The van der Waals surface area contributed by atoms with Gasteiger partial charge in [0.1, 0.15) is 0 Å². The number of piperazine rings is 1. The number of para-hydroxylation sites is 1. The Hall–Kier alpha value is -3.26. The van der Waals surface area contributed by atoms with Crippen molar-refractivity contribution in [3.8, 4) is 0 Å². The zero-order valence-corrected chi connectivity index (χ0v) is 18.9. The Morgan fingerprint density at radius 2 is 1.84 bits per heavy atom. The number of aromatic nitrogens is 3. The molecule has 0 atom stereocenters. The minimum absolute atomic E-state index is 0.0255. The van der Waals surface area contributed by atoms with Crippen molar-refractivity contribution < 1.29 is 9.59 Å². The maximum atomic E-state index is 13.0. The summed E-state index contributed by atoms with van der Waals surface area (Å²) in [6.45, 7) is 8.99. The summed E-state index contributed by atoms with van der Waals surface area (Å²) in [7, 11) is 0. The number of benzene rings is 1. The molecule has 3 aromatic rings. The normalized spacial score (nSPS) is 14.8. The van der Waals surface area contributed by atoms with Crippen LogP contribution in [0.5, 0.6) is 0 Å². The zero-order chi connectivity index (χ0) is 22.7. The Balaban J connectivity index is 1.32. The quantitative estimate of drug-likeness (QED) is 0.645. The van der Waals surface area contributed by atoms with Gasteiger partial charge in [-0.05, 0) is 38.0 Å². The molecule has 0 spiro atoms. The second kappa shape index (κ2) is 9.48. The molecule has 1 saturated heterocycles. The van der Waals surface area contributed by atoms with Crippen molar-refractivity contribution in [2.24, 2.45) is 0 Å². The van der Waals surface area contributed by atoms with E-state index in [1.807, 2.05) is 39.9 Å². The first-order valence-corrected chi connectivity index (χ1v) is 11.2. The molecule has 0 saturated carbocycles. The molecule has 1 aliphatic rings. The molecule has 0 bridgehead atoms. The molecule has 0 aliphatic carbocycles. The van der Waals surface area contributed by atoms with Gasteiger partial charge in [0.2, 0.25) is 5.91 Å². The molecule has 1 aromatic carbocycles. The lowest BCUT2D eigenvalue weighted by Crippen LogP contribution is -2.50. The van der Waals surface area contributed by atoms with Gasteiger partial charge in [0.15, 0.2) is 5.65 Å². The monoisotopic (exact) mass is 434 g/mol. The van der Waals surface area contributed by atoms with E-state index in [2.05, 4.69) is 41.1 Å². The van der Waals surface area contributed by atoms with Crippen molar-refractivity contribution in [3.05, 3.63) is 53.9 Å². The minimum atomic E-state index is -0.0299. The number of carbonyl (C=O) groups is 2. The highest BCUT2D eigenvalue weighted by Gasteiger charge is 2.24. The zero-order valence-electron chi connectivity index (χ0n) is 18.9. The van der Waals surface area contributed by atoms with Crippen LogP contribution in [0.3, 0.4) is 0 Å². The lowest BCUT2D eigenvalue weighted by atomic mass is 10.1. The van der Waals surface area contributed by atoms with Gasteiger partial charge in [-0.2, -0.15) is 5.10 Å². The van der Waals surface area contributed by atoms with Gasteiger partial charge in [0.25, 0.3) is 5.91 Å². The third kappa shape index (κ3) is 4.65. The van der Waals surface area contributed by atoms with Crippen molar-refractivity contribution in [2.45, 2.75) is 33.2 Å². The third-order valence-electron chi connectivity index (χ3n) is 5.87. The van der Waals surface area contributed by atoms with E-state index in [4.69, 9.17) is 0 Å². The highest BCUT2D eigenvalue weighted by atomic mass is 16.2. The minimum Gasteiger partial charge on any atom is -0.336 e. The standard InChI is InChI=1S/C24H30N6O2/c1-4-18-7-5-6-8-21(18)27-22(31)16-28-9-11-29(12-10-28)24(32)20-13-19-15-26-30(17(2)3)23(19)25-14-20/h5-8,13-15,17H,4,9-12,16H2,1-3H3,(H,27,31). The van der Waals surface area contributed by atoms with E-state index in [9.17, 15) is 9.59 Å². The summed E-state index contributed by atoms with van der Waals surface area (Å²) in [6.07, 6.45) is 4.26. The summed E-state index contributed by atoms with van der Waals surface area (Å²) < 4.78 is 1.85. The molecule has 2 amide bonds. The van der Waals surface area contributed by atoms with E-state index in [0.717, 1.165) is 28.7 Å². The Morgan fingerprint density at radius 3 is 2.56 bits per heavy atom. The van der Waals surface area contributed by atoms with Crippen LogP contribution in [0.4, 0.5) is 5.69 Å². The van der Waals surface area contributed by atoms with Gasteiger partial charge in [0, 0.05) is 49.5 Å². The Bertz CT molecular complexity index is 1110. The molecule has 1 fully saturated rings. The molecule has 4 rings (SSSR count). The number of pyridine rings is 1. The van der Waals surface area contributed by atoms with Crippen molar-refractivity contribution in [1.29, 1.82) is 0 Å². The highest BCUT2D eigenvalue weighted by Crippen LogP contribution is 2.19. The number of aryl methyl sites for hydroxylation is 1. The van der Waals surface area contributed by atoms with Crippen LogP contribution in [-0.4, -0.2) is 69.1 Å². The Labute approximate surface area is 188 Å². The molecule has 1 N–H and O–H groups in total. The number of rotatable bonds is 6. The van der Waals surface area contributed by atoms with Crippen LogP contribution in [-0.2, 0) is 11.2 Å². The van der Waals surface area contributed by atoms with Crippen LogP contribution < -0.4 is 5.32 Å². The first-order chi connectivity index (χ1) is 15.5. The first-order valence-electron chi connectivity index (χ1n) is 11.2. The summed E-state index contributed by atoms with van der Waals surface area (Å²) >= 11 is 0. The van der Waals surface area contributed by atoms with E-state index < -0.39 is 0 Å². The van der Waals surface area contributed by atoms with Gasteiger partial charge in [-0.3, -0.25) is 14.5 Å². The summed E-state index contributed by atoms with van der Waals surface area (Å²) in [6, 6.07) is 9.94. The predicted octanol–water partition coefficient (Wildman–Crippen LogP) is 2.97. The number of anilines is 1. The molecule has 168 valence electrons. The lowest BCUT2D eigenvalue weighted by molar-refractivity contribution is -0.117. The fourth-order valence-corrected chi connectivity index (χ4v) is 4.07. The molecule has 8 nitrogen and oxygen atoms in total. The van der Waals surface area contributed by atoms with Crippen LogP contribution in [0.15, 0.2) is 42.7 Å². The van der Waals surface area contributed by atoms with Crippen LogP contribution in [0, 0.1) is 0 Å². The molecule has 1 aliphatic heterocycles. The van der Waals surface area contributed by atoms with Gasteiger partial charge in [-0.25, -0.2) is 9.67 Å². The number of fused-ring (bicyclic) bond motifs is 1. The number of hydrogen-bond donors (Lipinski definition) is 1. The van der Waals surface area contributed by atoms with Gasteiger partial charge < -0.3 is 10.2 Å². The number of nitrogens with one attached hydrogen (secondary N) is 1. The van der Waals surface area contributed by atoms with Crippen molar-refractivity contribution >= 4 is 28.5 Å². The van der Waals surface area contributed by atoms with E-state index >= 15 is 0 Å². The topological polar surface area (TPSA) is 83.4 Å². The predicted molar refractivity (Wildman–Crippen MR) is 125 cm³/mol. The van der Waals surface area contributed by atoms with Crippen LogP contribution in [0.2, 0.25) is 0 Å². The fourth-order valence-electron chi connectivity index (χ4n) is 4.07. The maximum Gasteiger partial charge on any atom is 0.255 e. The second-order valence-electron chi connectivity index (χ2n) is 8.45. The summed E-state index contributed by atoms with van der Waals surface area (Å²) in [4.78, 5) is 33.9. The van der Waals surface area contributed by atoms with Crippen molar-refractivity contribution in [3.63, 3.8) is 0 Å². The van der Waals surface area contributed by atoms with Crippen LogP contribution in [0.1, 0.15) is 42.7 Å². The average molecular weight is 435 g/mol. The fraction of sp³-hybridized carbons (Fsp3) is 0.417. The van der Waals surface area contributed by atoms with Gasteiger partial charge in [-0.15, -0.1) is 0 Å². The molecular formula is C24H30N6O2. The van der Waals surface area contributed by atoms with E-state index in [1.54, 1.807) is 12.4 Å². The van der Waals surface area contributed by atoms with E-state index in [1.165, 1.54) is 0 Å². The maximum absolute atomic E-state index is 13.0. The summed E-state index contributed by atoms with van der Waals surface area (Å²) in [5.74, 6) is -0.0554. The number of hydrogen-bond acceptors (Lipinski definition) is 5. The Morgan fingerprint density at radius 1 is 1.09 bits per heavy atom. The summed E-state index contributed by atoms with van der Waals surface area (Å²) in [5, 5.41) is 8.26. The molecular weight excluding hydrogens is 404 g/mol. The van der Waals surface area contributed by atoms with Crippen molar-refractivity contribution in [2.75, 3.05) is 38.0 Å². The Kier molecular flexibility index (Phi) is 6.50. The molecule has 8 heteroatoms. The summed E-state index contributed by atoms with van der Waals surface area (Å²) in [5.41, 5.74) is 3.36. The highest BCUT2D eigenvalue weighted by molar-refractivity contribution is 5.97. The SMILES string of the molecule is CCc1ccccc1NC(=O)CN1CCN(C(=O)c2cnc3c(cnn3C(C)C)c2)CC1. The molecule has 2 aromatic heterocycles. The number of nitrogens with zero attached hydrogens (tertiary/aromatic N) is 5. The smallest absolute Gasteiger partial charge is 0.255 e. The molecule has 0 radical (unpaired) electrons. The number of carbonyl (C=O) groups excluding carboxylic acids is 2. The molecule has 32 heavy (non-hydrogen) atoms. The molecule has 3 heterocycles. The first kappa shape index (κ1) is 22.0. The molecule has 0 unspecified atom stereocenters. The van der Waals surface area contributed by atoms with Crippen LogP contribution in [0.25, 0.3) is 11.0 Å². The van der Waals surface area contributed by atoms with Gasteiger partial charge in [-0.1, -0.05) is 25.1 Å². The van der Waals surface area contributed by atoms with E-state index in [0.29, 0.717) is 38.3 Å². The second-order valence-corrected chi connectivity index (χ2v) is 8.45. The number of amides is 2. The van der Waals surface area contributed by atoms with Gasteiger partial charge in [0.05, 0.1) is 18.3 Å². The third-order valence-corrected chi connectivity index (χ3v) is 5.87. The van der Waals surface area contributed by atoms with E-state index in [-0.39, 0.29) is 17.9 Å². The average Bonchev–Trinajstić information content (AvgIpc) is 3.23. The van der Waals surface area contributed by atoms with Crippen molar-refractivity contribution in [1.82, 2.24) is 24.6 Å². The lowest BCUT2D eigenvalue weighted by Gasteiger charge is -2.34. The largest absolute Gasteiger partial charge is 0.336 e. The van der Waals surface area contributed by atoms with Gasteiger partial charge >= 0.3 is 0 Å². The van der Waals surface area contributed by atoms with Crippen LogP contribution >= 0.6 is 0 Å².